The number of rotatable bonds is 6. The number of nitrogens with one attached hydrogen (secondary N) is 1. The summed E-state index contributed by atoms with van der Waals surface area (Å²) < 4.78 is 7.33. The Morgan fingerprint density at radius 2 is 2.00 bits per heavy atom. The van der Waals surface area contributed by atoms with Crippen LogP contribution in [0.25, 0.3) is 0 Å². The fourth-order valence-corrected chi connectivity index (χ4v) is 2.18. The third kappa shape index (κ3) is 7.02. The Labute approximate surface area is 137 Å². The van der Waals surface area contributed by atoms with E-state index in [1.54, 1.807) is 0 Å². The summed E-state index contributed by atoms with van der Waals surface area (Å²) in [5.74, 6) is 0.117. The number of hydrogen-bond donors (Lipinski definition) is 1. The number of pyridine rings is 1. The Kier molecular flexibility index (Phi) is 8.49. The largest absolute Gasteiger partial charge is 1.00 e. The second-order valence-electron chi connectivity index (χ2n) is 5.17. The maximum atomic E-state index is 11.8. The molecule has 2 heterocycles. The van der Waals surface area contributed by atoms with E-state index in [4.69, 9.17) is 4.74 Å². The lowest BCUT2D eigenvalue weighted by Crippen LogP contribution is -3.00. The first-order valence-corrected chi connectivity index (χ1v) is 7.26. The smallest absolute Gasteiger partial charge is 0.226 e. The Balaban J connectivity index is 0.00000220. The number of amides is 1. The number of morpholine rings is 1. The lowest BCUT2D eigenvalue weighted by Gasteiger charge is -2.26. The van der Waals surface area contributed by atoms with Gasteiger partial charge in [-0.2, -0.15) is 0 Å². The molecule has 0 unspecified atom stereocenters. The molecule has 0 radical (unpaired) electrons. The number of ether oxygens (including phenoxy) is 1. The summed E-state index contributed by atoms with van der Waals surface area (Å²) in [6.45, 7) is 7.96. The number of hydrogen-bond acceptors (Lipinski definition) is 3. The topological polar surface area (TPSA) is 45.5 Å². The van der Waals surface area contributed by atoms with Gasteiger partial charge in [0.25, 0.3) is 0 Å². The van der Waals surface area contributed by atoms with E-state index >= 15 is 0 Å². The first kappa shape index (κ1) is 18.1. The monoisotopic (exact) mass is 357 g/mol. The Morgan fingerprint density at radius 3 is 2.67 bits per heavy atom. The van der Waals surface area contributed by atoms with E-state index in [0.29, 0.717) is 6.42 Å². The normalized spacial score (nSPS) is 15.3. The summed E-state index contributed by atoms with van der Waals surface area (Å²) in [6, 6.07) is 4.10. The molecule has 2 rings (SSSR count). The van der Waals surface area contributed by atoms with Gasteiger partial charge in [-0.3, -0.25) is 9.69 Å². The molecule has 1 amide bonds. The van der Waals surface area contributed by atoms with Crippen molar-refractivity contribution in [3.63, 3.8) is 0 Å². The van der Waals surface area contributed by atoms with Gasteiger partial charge in [-0.25, -0.2) is 4.57 Å². The molecule has 0 atom stereocenters. The lowest BCUT2D eigenvalue weighted by atomic mass is 10.3. The molecule has 1 aliphatic heterocycles. The van der Waals surface area contributed by atoms with Crippen LogP contribution in [0.4, 0.5) is 0 Å². The van der Waals surface area contributed by atoms with Crippen LogP contribution in [0, 0.1) is 6.92 Å². The van der Waals surface area contributed by atoms with Crippen molar-refractivity contribution in [1.82, 2.24) is 10.2 Å². The van der Waals surface area contributed by atoms with Gasteiger partial charge in [-0.1, -0.05) is 0 Å². The summed E-state index contributed by atoms with van der Waals surface area (Å²) in [4.78, 5) is 14.1. The molecular formula is C15H24BrN3O2. The van der Waals surface area contributed by atoms with Crippen LogP contribution < -0.4 is 26.9 Å². The van der Waals surface area contributed by atoms with E-state index < -0.39 is 0 Å². The molecule has 1 aromatic heterocycles. The molecule has 0 aliphatic carbocycles. The van der Waals surface area contributed by atoms with Gasteiger partial charge in [-0.05, 0) is 12.5 Å². The van der Waals surface area contributed by atoms with Crippen LogP contribution in [0.5, 0.6) is 0 Å². The average Bonchev–Trinajstić information content (AvgIpc) is 2.48. The first-order chi connectivity index (χ1) is 9.74. The van der Waals surface area contributed by atoms with E-state index in [0.717, 1.165) is 45.9 Å². The number of carbonyl (C=O) groups excluding carboxylic acids is 1. The summed E-state index contributed by atoms with van der Waals surface area (Å²) in [5.41, 5.74) is 1.23. The molecule has 0 spiro atoms. The fraction of sp³-hybridized carbons (Fsp3) is 0.600. The summed E-state index contributed by atoms with van der Waals surface area (Å²) >= 11 is 0. The minimum absolute atomic E-state index is 0. The van der Waals surface area contributed by atoms with Crippen molar-refractivity contribution in [3.8, 4) is 0 Å². The van der Waals surface area contributed by atoms with Gasteiger partial charge in [0.05, 0.1) is 19.6 Å². The Bertz CT molecular complexity index is 419. The van der Waals surface area contributed by atoms with E-state index in [-0.39, 0.29) is 22.9 Å². The van der Waals surface area contributed by atoms with Gasteiger partial charge in [0.15, 0.2) is 18.9 Å². The van der Waals surface area contributed by atoms with Crippen molar-refractivity contribution in [2.24, 2.45) is 0 Å². The van der Waals surface area contributed by atoms with Crippen LogP contribution >= 0.6 is 0 Å². The third-order valence-electron chi connectivity index (χ3n) is 3.51. The summed E-state index contributed by atoms with van der Waals surface area (Å²) in [7, 11) is 0. The van der Waals surface area contributed by atoms with Gasteiger partial charge >= 0.3 is 0 Å². The Hall–Kier alpha value is -0.980. The molecule has 1 saturated heterocycles. The number of halogens is 1. The highest BCUT2D eigenvalue weighted by Crippen LogP contribution is 1.95. The molecule has 1 fully saturated rings. The van der Waals surface area contributed by atoms with Crippen molar-refractivity contribution in [3.05, 3.63) is 30.1 Å². The molecule has 0 bridgehead atoms. The maximum Gasteiger partial charge on any atom is 0.226 e. The molecule has 6 heteroatoms. The maximum absolute atomic E-state index is 11.8. The number of carbonyl (C=O) groups is 1. The molecule has 21 heavy (non-hydrogen) atoms. The standard InChI is InChI=1S/C15H23N3O2.BrH/c1-14-2-6-17(7-3-14)8-4-15(19)16-5-9-18-10-12-20-13-11-18;/h2-3,6-7H,4-5,8-13H2,1H3;1H. The number of aryl methyl sites for hydroxylation is 2. The minimum Gasteiger partial charge on any atom is -1.00 e. The van der Waals surface area contributed by atoms with Crippen molar-refractivity contribution in [2.45, 2.75) is 19.9 Å². The van der Waals surface area contributed by atoms with E-state index in [1.807, 2.05) is 17.0 Å². The molecular weight excluding hydrogens is 334 g/mol. The van der Waals surface area contributed by atoms with Gasteiger partial charge in [0, 0.05) is 38.3 Å². The molecule has 1 aliphatic rings. The minimum atomic E-state index is 0. The molecule has 0 saturated carbocycles. The van der Waals surface area contributed by atoms with E-state index in [2.05, 4.69) is 29.3 Å². The SMILES string of the molecule is Cc1cc[n+](CCC(=O)NCCN2CCOCC2)cc1.[Br-]. The van der Waals surface area contributed by atoms with Crippen LogP contribution in [0.1, 0.15) is 12.0 Å². The molecule has 5 nitrogen and oxygen atoms in total. The van der Waals surface area contributed by atoms with Crippen LogP contribution in [0.3, 0.4) is 0 Å². The molecule has 118 valence electrons. The predicted octanol–water partition coefficient (Wildman–Crippen LogP) is -2.87. The van der Waals surface area contributed by atoms with Gasteiger partial charge in [-0.15, -0.1) is 0 Å². The number of aromatic nitrogens is 1. The van der Waals surface area contributed by atoms with Crippen LogP contribution in [-0.2, 0) is 16.1 Å². The van der Waals surface area contributed by atoms with Gasteiger partial charge in [0.1, 0.15) is 0 Å². The van der Waals surface area contributed by atoms with Crippen molar-refractivity contribution in [2.75, 3.05) is 39.4 Å². The van der Waals surface area contributed by atoms with Crippen LogP contribution in [0.15, 0.2) is 24.5 Å². The fourth-order valence-electron chi connectivity index (χ4n) is 2.18. The number of nitrogens with zero attached hydrogens (tertiary/aromatic N) is 2. The summed E-state index contributed by atoms with van der Waals surface area (Å²) in [5, 5.41) is 2.98. The second-order valence-corrected chi connectivity index (χ2v) is 5.17. The quantitative estimate of drug-likeness (QED) is 0.556. The predicted molar refractivity (Wildman–Crippen MR) is 76.3 cm³/mol. The molecule has 0 aromatic carbocycles. The van der Waals surface area contributed by atoms with Crippen molar-refractivity contribution < 1.29 is 31.1 Å². The van der Waals surface area contributed by atoms with Crippen molar-refractivity contribution in [1.29, 1.82) is 0 Å². The highest BCUT2D eigenvalue weighted by Gasteiger charge is 2.10. The zero-order valence-electron chi connectivity index (χ0n) is 12.6. The van der Waals surface area contributed by atoms with Gasteiger partial charge in [0.2, 0.25) is 5.91 Å². The second kappa shape index (κ2) is 9.87. The van der Waals surface area contributed by atoms with Crippen molar-refractivity contribution >= 4 is 5.91 Å². The van der Waals surface area contributed by atoms with Crippen LogP contribution in [-0.4, -0.2) is 50.2 Å². The average molecular weight is 358 g/mol. The highest BCUT2D eigenvalue weighted by atomic mass is 79.9. The van der Waals surface area contributed by atoms with Crippen LogP contribution in [0.2, 0.25) is 0 Å². The zero-order chi connectivity index (χ0) is 14.2. The molecule has 1 aromatic rings. The van der Waals surface area contributed by atoms with E-state index in [9.17, 15) is 4.79 Å². The Morgan fingerprint density at radius 1 is 1.33 bits per heavy atom. The van der Waals surface area contributed by atoms with Gasteiger partial charge < -0.3 is 27.0 Å². The lowest BCUT2D eigenvalue weighted by molar-refractivity contribution is -0.695. The van der Waals surface area contributed by atoms with E-state index in [1.165, 1.54) is 5.56 Å². The third-order valence-corrected chi connectivity index (χ3v) is 3.51. The molecule has 1 N–H and O–H groups in total. The summed E-state index contributed by atoms with van der Waals surface area (Å²) in [6.07, 6.45) is 4.55. The highest BCUT2D eigenvalue weighted by molar-refractivity contribution is 5.75. The first-order valence-electron chi connectivity index (χ1n) is 7.26. The zero-order valence-corrected chi connectivity index (χ0v) is 14.1.